The van der Waals surface area contributed by atoms with Crippen LogP contribution in [0.5, 0.6) is 0 Å². The normalized spacial score (nSPS) is 10.1. The van der Waals surface area contributed by atoms with Crippen LogP contribution in [0.2, 0.25) is 0 Å². The number of rotatable bonds is 3. The van der Waals surface area contributed by atoms with Gasteiger partial charge in [0.2, 0.25) is 0 Å². The Labute approximate surface area is 104 Å². The molecule has 92 valence electrons. The topological polar surface area (TPSA) is 101 Å². The molecule has 4 N–H and O–H groups in total. The first-order chi connectivity index (χ1) is 8.56. The van der Waals surface area contributed by atoms with E-state index in [0.29, 0.717) is 11.4 Å². The van der Waals surface area contributed by atoms with Gasteiger partial charge in [-0.1, -0.05) is 0 Å². The molecular formula is C12H12N4O2. The molecule has 18 heavy (non-hydrogen) atoms. The van der Waals surface area contributed by atoms with Crippen LogP contribution in [0.15, 0.2) is 30.6 Å². The van der Waals surface area contributed by atoms with Crippen molar-refractivity contribution in [3.8, 4) is 0 Å². The van der Waals surface area contributed by atoms with Crippen LogP contribution in [0, 0.1) is 6.92 Å². The fraction of sp³-hybridized carbons (Fsp3) is 0.0833. The highest BCUT2D eigenvalue weighted by Gasteiger charge is 2.12. The molecule has 0 unspecified atom stereocenters. The first-order valence-electron chi connectivity index (χ1n) is 5.25. The van der Waals surface area contributed by atoms with E-state index in [1.165, 1.54) is 12.3 Å². The van der Waals surface area contributed by atoms with Crippen molar-refractivity contribution in [3.63, 3.8) is 0 Å². The van der Waals surface area contributed by atoms with E-state index in [4.69, 9.17) is 10.8 Å². The highest BCUT2D eigenvalue weighted by atomic mass is 16.4. The molecule has 6 heteroatoms. The second-order valence-corrected chi connectivity index (χ2v) is 3.78. The number of carboxylic acid groups (broad SMARTS) is 1. The Hall–Kier alpha value is -2.63. The monoisotopic (exact) mass is 244 g/mol. The summed E-state index contributed by atoms with van der Waals surface area (Å²) in [6.07, 6.45) is 3.01. The molecule has 0 aromatic carbocycles. The van der Waals surface area contributed by atoms with Crippen LogP contribution in [0.4, 0.5) is 17.2 Å². The molecule has 2 aromatic heterocycles. The van der Waals surface area contributed by atoms with Crippen molar-refractivity contribution in [2.24, 2.45) is 0 Å². The number of nitrogen functional groups attached to an aromatic ring is 1. The Morgan fingerprint density at radius 3 is 2.72 bits per heavy atom. The average Bonchev–Trinajstić information content (AvgIpc) is 2.34. The van der Waals surface area contributed by atoms with Crippen molar-refractivity contribution >= 4 is 23.2 Å². The quantitative estimate of drug-likeness (QED) is 0.761. The van der Waals surface area contributed by atoms with Gasteiger partial charge >= 0.3 is 5.97 Å². The number of nitrogens with zero attached hydrogens (tertiary/aromatic N) is 2. The smallest absolute Gasteiger partial charge is 0.339 e. The van der Waals surface area contributed by atoms with Gasteiger partial charge in [-0.05, 0) is 25.1 Å². The summed E-state index contributed by atoms with van der Waals surface area (Å²) in [5.41, 5.74) is 7.39. The van der Waals surface area contributed by atoms with Gasteiger partial charge in [0.1, 0.15) is 11.4 Å². The zero-order valence-corrected chi connectivity index (χ0v) is 9.71. The van der Waals surface area contributed by atoms with E-state index < -0.39 is 5.97 Å². The summed E-state index contributed by atoms with van der Waals surface area (Å²) in [4.78, 5) is 19.1. The number of carbonyl (C=O) groups is 1. The Bertz CT molecular complexity index is 581. The largest absolute Gasteiger partial charge is 0.478 e. The lowest BCUT2D eigenvalue weighted by atomic mass is 10.2. The van der Waals surface area contributed by atoms with Gasteiger partial charge in [-0.15, -0.1) is 0 Å². The van der Waals surface area contributed by atoms with Crippen LogP contribution in [0.3, 0.4) is 0 Å². The molecular weight excluding hydrogens is 232 g/mol. The standard InChI is InChI=1S/C12H12N4O2/c1-7-2-3-9(6-14-7)16-11-10(12(17)18)4-8(13)5-15-11/h2-6H,13H2,1H3,(H,15,16)(H,17,18). The zero-order valence-electron chi connectivity index (χ0n) is 9.71. The van der Waals surface area contributed by atoms with Crippen molar-refractivity contribution in [3.05, 3.63) is 41.9 Å². The van der Waals surface area contributed by atoms with Crippen LogP contribution >= 0.6 is 0 Å². The fourth-order valence-corrected chi connectivity index (χ4v) is 1.42. The summed E-state index contributed by atoms with van der Waals surface area (Å²) < 4.78 is 0. The van der Waals surface area contributed by atoms with Crippen LogP contribution < -0.4 is 11.1 Å². The lowest BCUT2D eigenvalue weighted by Gasteiger charge is -2.08. The van der Waals surface area contributed by atoms with Gasteiger partial charge in [-0.25, -0.2) is 9.78 Å². The Morgan fingerprint density at radius 2 is 2.11 bits per heavy atom. The van der Waals surface area contributed by atoms with Crippen LogP contribution in [0.1, 0.15) is 16.1 Å². The van der Waals surface area contributed by atoms with Crippen molar-refractivity contribution < 1.29 is 9.90 Å². The Kier molecular flexibility index (Phi) is 3.09. The third kappa shape index (κ3) is 2.54. The highest BCUT2D eigenvalue weighted by molar-refractivity contribution is 5.94. The Balaban J connectivity index is 2.34. The van der Waals surface area contributed by atoms with Crippen LogP contribution in [-0.4, -0.2) is 21.0 Å². The van der Waals surface area contributed by atoms with Crippen LogP contribution in [-0.2, 0) is 0 Å². The molecule has 0 saturated heterocycles. The SMILES string of the molecule is Cc1ccc(Nc2ncc(N)cc2C(=O)O)cn1. The number of anilines is 3. The van der Waals surface area contributed by atoms with Crippen molar-refractivity contribution in [1.29, 1.82) is 0 Å². The molecule has 0 amide bonds. The van der Waals surface area contributed by atoms with Crippen molar-refractivity contribution in [2.45, 2.75) is 6.92 Å². The van der Waals surface area contributed by atoms with E-state index >= 15 is 0 Å². The van der Waals surface area contributed by atoms with Crippen molar-refractivity contribution in [1.82, 2.24) is 9.97 Å². The third-order valence-electron chi connectivity index (χ3n) is 2.31. The number of hydrogen-bond acceptors (Lipinski definition) is 5. The maximum Gasteiger partial charge on any atom is 0.339 e. The number of carboxylic acids is 1. The van der Waals surface area contributed by atoms with Gasteiger partial charge < -0.3 is 16.2 Å². The molecule has 0 atom stereocenters. The number of aryl methyl sites for hydroxylation is 1. The summed E-state index contributed by atoms with van der Waals surface area (Å²) >= 11 is 0. The summed E-state index contributed by atoms with van der Waals surface area (Å²) in [6.45, 7) is 1.87. The number of pyridine rings is 2. The molecule has 2 heterocycles. The Morgan fingerprint density at radius 1 is 1.33 bits per heavy atom. The maximum atomic E-state index is 11.1. The molecule has 6 nitrogen and oxygen atoms in total. The van der Waals surface area contributed by atoms with E-state index in [0.717, 1.165) is 5.69 Å². The van der Waals surface area contributed by atoms with Gasteiger partial charge in [-0.3, -0.25) is 4.98 Å². The summed E-state index contributed by atoms with van der Waals surface area (Å²) in [6, 6.07) is 4.98. The molecule has 0 saturated carbocycles. The van der Waals surface area contributed by atoms with Gasteiger partial charge in [0.15, 0.2) is 0 Å². The molecule has 2 aromatic rings. The minimum absolute atomic E-state index is 0.0237. The number of hydrogen-bond donors (Lipinski definition) is 3. The molecule has 0 fully saturated rings. The van der Waals surface area contributed by atoms with E-state index in [1.54, 1.807) is 12.3 Å². The van der Waals surface area contributed by atoms with Crippen LogP contribution in [0.25, 0.3) is 0 Å². The number of nitrogens with two attached hydrogens (primary N) is 1. The number of aromatic carboxylic acids is 1. The van der Waals surface area contributed by atoms with E-state index in [2.05, 4.69) is 15.3 Å². The first-order valence-corrected chi connectivity index (χ1v) is 5.25. The lowest BCUT2D eigenvalue weighted by Crippen LogP contribution is -2.06. The summed E-state index contributed by atoms with van der Waals surface area (Å²) in [5, 5.41) is 12.0. The van der Waals surface area contributed by atoms with Gasteiger partial charge in [0.25, 0.3) is 0 Å². The number of aromatic nitrogens is 2. The second kappa shape index (κ2) is 4.70. The molecule has 2 rings (SSSR count). The average molecular weight is 244 g/mol. The van der Waals surface area contributed by atoms with Gasteiger partial charge in [0, 0.05) is 5.69 Å². The molecule has 0 aliphatic heterocycles. The van der Waals surface area contributed by atoms with E-state index in [1.807, 2.05) is 13.0 Å². The molecule has 0 spiro atoms. The summed E-state index contributed by atoms with van der Waals surface area (Å²) in [7, 11) is 0. The predicted octanol–water partition coefficient (Wildman–Crippen LogP) is 1.81. The first kappa shape index (κ1) is 11.8. The minimum atomic E-state index is -1.09. The van der Waals surface area contributed by atoms with E-state index in [9.17, 15) is 4.79 Å². The summed E-state index contributed by atoms with van der Waals surface area (Å²) in [5.74, 6) is -0.847. The molecule has 0 aliphatic rings. The fourth-order valence-electron chi connectivity index (χ4n) is 1.42. The highest BCUT2D eigenvalue weighted by Crippen LogP contribution is 2.20. The van der Waals surface area contributed by atoms with Crippen molar-refractivity contribution in [2.75, 3.05) is 11.1 Å². The second-order valence-electron chi connectivity index (χ2n) is 3.78. The van der Waals surface area contributed by atoms with Gasteiger partial charge in [-0.2, -0.15) is 0 Å². The predicted molar refractivity (Wildman–Crippen MR) is 67.9 cm³/mol. The van der Waals surface area contributed by atoms with E-state index in [-0.39, 0.29) is 11.4 Å². The molecule has 0 bridgehead atoms. The zero-order chi connectivity index (χ0) is 13.1. The minimum Gasteiger partial charge on any atom is -0.478 e. The molecule has 0 aliphatic carbocycles. The number of nitrogens with one attached hydrogen (secondary N) is 1. The van der Waals surface area contributed by atoms with Gasteiger partial charge in [0.05, 0.1) is 23.8 Å². The lowest BCUT2D eigenvalue weighted by molar-refractivity contribution is 0.0697. The maximum absolute atomic E-state index is 11.1. The molecule has 0 radical (unpaired) electrons. The third-order valence-corrected chi connectivity index (χ3v) is 2.31.